The highest BCUT2D eigenvalue weighted by molar-refractivity contribution is 5.95. The first-order valence-electron chi connectivity index (χ1n) is 6.33. The van der Waals surface area contributed by atoms with Gasteiger partial charge in [-0.05, 0) is 38.8 Å². The summed E-state index contributed by atoms with van der Waals surface area (Å²) in [6, 6.07) is 3.79. The van der Waals surface area contributed by atoms with Crippen molar-refractivity contribution in [3.63, 3.8) is 0 Å². The van der Waals surface area contributed by atoms with Crippen molar-refractivity contribution in [3.05, 3.63) is 29.1 Å². The summed E-state index contributed by atoms with van der Waals surface area (Å²) in [5.41, 5.74) is 2.52. The van der Waals surface area contributed by atoms with E-state index in [0.29, 0.717) is 0 Å². The number of hydrogen-bond acceptors (Lipinski definition) is 2. The van der Waals surface area contributed by atoms with E-state index in [-0.39, 0.29) is 5.91 Å². The molecular formula is C14H22N2O. The van der Waals surface area contributed by atoms with E-state index >= 15 is 0 Å². The predicted octanol–water partition coefficient (Wildman–Crippen LogP) is 2.96. The van der Waals surface area contributed by atoms with Crippen molar-refractivity contribution in [2.75, 3.05) is 13.1 Å². The van der Waals surface area contributed by atoms with Crippen LogP contribution in [0, 0.1) is 13.8 Å². The third-order valence-electron chi connectivity index (χ3n) is 2.73. The maximum absolute atomic E-state index is 12.3. The van der Waals surface area contributed by atoms with Crippen molar-refractivity contribution in [2.24, 2.45) is 0 Å². The van der Waals surface area contributed by atoms with E-state index in [2.05, 4.69) is 18.8 Å². The lowest BCUT2D eigenvalue weighted by Crippen LogP contribution is -2.33. The van der Waals surface area contributed by atoms with Crippen LogP contribution in [0.4, 0.5) is 0 Å². The smallest absolute Gasteiger partial charge is 0.255 e. The van der Waals surface area contributed by atoms with Crippen molar-refractivity contribution in [3.8, 4) is 0 Å². The van der Waals surface area contributed by atoms with Gasteiger partial charge in [-0.2, -0.15) is 0 Å². The molecule has 1 rings (SSSR count). The van der Waals surface area contributed by atoms with Gasteiger partial charge in [-0.3, -0.25) is 9.78 Å². The number of carbonyl (C=O) groups is 1. The van der Waals surface area contributed by atoms with Crippen LogP contribution in [0.25, 0.3) is 0 Å². The van der Waals surface area contributed by atoms with Crippen LogP contribution >= 0.6 is 0 Å². The molecule has 0 fully saturated rings. The molecule has 1 amide bonds. The van der Waals surface area contributed by atoms with E-state index in [4.69, 9.17) is 0 Å². The number of aromatic nitrogens is 1. The minimum absolute atomic E-state index is 0.110. The monoisotopic (exact) mass is 234 g/mol. The lowest BCUT2D eigenvalue weighted by molar-refractivity contribution is 0.0754. The highest BCUT2D eigenvalue weighted by Crippen LogP contribution is 2.11. The molecular weight excluding hydrogens is 212 g/mol. The lowest BCUT2D eigenvalue weighted by Gasteiger charge is -2.22. The number of rotatable bonds is 5. The number of hydrogen-bond donors (Lipinski definition) is 0. The van der Waals surface area contributed by atoms with Gasteiger partial charge in [-0.25, -0.2) is 0 Å². The Morgan fingerprint density at radius 2 is 1.76 bits per heavy atom. The van der Waals surface area contributed by atoms with E-state index in [1.807, 2.05) is 30.9 Å². The van der Waals surface area contributed by atoms with Gasteiger partial charge < -0.3 is 4.90 Å². The Balaban J connectivity index is 2.92. The number of aryl methyl sites for hydroxylation is 2. The molecule has 17 heavy (non-hydrogen) atoms. The molecule has 3 heteroatoms. The summed E-state index contributed by atoms with van der Waals surface area (Å²) in [4.78, 5) is 18.6. The van der Waals surface area contributed by atoms with Gasteiger partial charge in [-0.1, -0.05) is 13.8 Å². The fourth-order valence-corrected chi connectivity index (χ4v) is 1.94. The van der Waals surface area contributed by atoms with Crippen molar-refractivity contribution < 1.29 is 4.79 Å². The van der Waals surface area contributed by atoms with Crippen LogP contribution < -0.4 is 0 Å². The second-order valence-electron chi connectivity index (χ2n) is 4.38. The summed E-state index contributed by atoms with van der Waals surface area (Å²) in [7, 11) is 0. The summed E-state index contributed by atoms with van der Waals surface area (Å²) in [5.74, 6) is 0.110. The molecule has 0 unspecified atom stereocenters. The van der Waals surface area contributed by atoms with E-state index in [9.17, 15) is 4.79 Å². The largest absolute Gasteiger partial charge is 0.339 e. The number of carbonyl (C=O) groups excluding carboxylic acids is 1. The zero-order valence-electron chi connectivity index (χ0n) is 11.3. The molecule has 0 aliphatic carbocycles. The van der Waals surface area contributed by atoms with Gasteiger partial charge in [0.1, 0.15) is 0 Å². The van der Waals surface area contributed by atoms with Crippen LogP contribution in [0.2, 0.25) is 0 Å². The predicted molar refractivity (Wildman–Crippen MR) is 70.2 cm³/mol. The van der Waals surface area contributed by atoms with Gasteiger partial charge in [0.05, 0.1) is 11.3 Å². The van der Waals surface area contributed by atoms with E-state index < -0.39 is 0 Å². The Kier molecular flexibility index (Phi) is 5.13. The second-order valence-corrected chi connectivity index (χ2v) is 4.38. The highest BCUT2D eigenvalue weighted by Gasteiger charge is 2.16. The molecule has 0 spiro atoms. The van der Waals surface area contributed by atoms with Crippen LogP contribution in [0.15, 0.2) is 12.1 Å². The third kappa shape index (κ3) is 3.55. The zero-order chi connectivity index (χ0) is 12.8. The molecule has 0 bridgehead atoms. The molecule has 3 nitrogen and oxygen atoms in total. The standard InChI is InChI=1S/C14H22N2O/c1-5-9-16(10-6-2)14(17)13-8-7-11(3)15-12(13)4/h7-8H,5-6,9-10H2,1-4H3. The minimum Gasteiger partial charge on any atom is -0.339 e. The Bertz CT molecular complexity index is 382. The highest BCUT2D eigenvalue weighted by atomic mass is 16.2. The summed E-state index contributed by atoms with van der Waals surface area (Å²) in [6.45, 7) is 9.67. The second kappa shape index (κ2) is 6.38. The Hall–Kier alpha value is -1.38. The first-order chi connectivity index (χ1) is 8.10. The summed E-state index contributed by atoms with van der Waals surface area (Å²) in [6.07, 6.45) is 1.98. The van der Waals surface area contributed by atoms with Crippen LogP contribution in [0.5, 0.6) is 0 Å². The third-order valence-corrected chi connectivity index (χ3v) is 2.73. The van der Waals surface area contributed by atoms with Gasteiger partial charge in [0.15, 0.2) is 0 Å². The molecule has 0 saturated carbocycles. The molecule has 1 aromatic heterocycles. The van der Waals surface area contributed by atoms with Gasteiger partial charge in [-0.15, -0.1) is 0 Å². The molecule has 1 heterocycles. The average Bonchev–Trinajstić information content (AvgIpc) is 2.28. The molecule has 94 valence electrons. The normalized spacial score (nSPS) is 10.4. The fourth-order valence-electron chi connectivity index (χ4n) is 1.94. The molecule has 0 atom stereocenters. The van der Waals surface area contributed by atoms with Crippen LogP contribution in [0.3, 0.4) is 0 Å². The molecule has 0 saturated heterocycles. The van der Waals surface area contributed by atoms with Gasteiger partial charge in [0.25, 0.3) is 5.91 Å². The van der Waals surface area contributed by atoms with E-state index in [1.54, 1.807) is 0 Å². The van der Waals surface area contributed by atoms with Crippen LogP contribution in [0.1, 0.15) is 48.4 Å². The summed E-state index contributed by atoms with van der Waals surface area (Å²) >= 11 is 0. The molecule has 1 aromatic rings. The maximum atomic E-state index is 12.3. The van der Waals surface area contributed by atoms with Crippen molar-refractivity contribution in [1.82, 2.24) is 9.88 Å². The van der Waals surface area contributed by atoms with Crippen LogP contribution in [-0.4, -0.2) is 28.9 Å². The van der Waals surface area contributed by atoms with Crippen LogP contribution in [-0.2, 0) is 0 Å². The van der Waals surface area contributed by atoms with Gasteiger partial charge in [0.2, 0.25) is 0 Å². The Morgan fingerprint density at radius 3 is 2.24 bits per heavy atom. The van der Waals surface area contributed by atoms with Gasteiger partial charge in [0, 0.05) is 18.8 Å². The number of amides is 1. The quantitative estimate of drug-likeness (QED) is 0.784. The van der Waals surface area contributed by atoms with E-state index in [1.165, 1.54) is 0 Å². The Labute approximate surface area is 104 Å². The molecule has 0 aliphatic rings. The van der Waals surface area contributed by atoms with Crippen molar-refractivity contribution >= 4 is 5.91 Å². The average molecular weight is 234 g/mol. The Morgan fingerprint density at radius 1 is 1.18 bits per heavy atom. The fraction of sp³-hybridized carbons (Fsp3) is 0.571. The van der Waals surface area contributed by atoms with Crippen molar-refractivity contribution in [1.29, 1.82) is 0 Å². The number of nitrogens with zero attached hydrogens (tertiary/aromatic N) is 2. The molecule has 0 N–H and O–H groups in total. The minimum atomic E-state index is 0.110. The first-order valence-corrected chi connectivity index (χ1v) is 6.33. The maximum Gasteiger partial charge on any atom is 0.255 e. The molecule has 0 aromatic carbocycles. The molecule has 0 aliphatic heterocycles. The molecule has 0 radical (unpaired) electrons. The first kappa shape index (κ1) is 13.7. The summed E-state index contributed by atoms with van der Waals surface area (Å²) in [5, 5.41) is 0. The number of pyridine rings is 1. The SMILES string of the molecule is CCCN(CCC)C(=O)c1ccc(C)nc1C. The van der Waals surface area contributed by atoms with Crippen molar-refractivity contribution in [2.45, 2.75) is 40.5 Å². The van der Waals surface area contributed by atoms with E-state index in [0.717, 1.165) is 42.9 Å². The summed E-state index contributed by atoms with van der Waals surface area (Å²) < 4.78 is 0. The lowest BCUT2D eigenvalue weighted by atomic mass is 10.1. The zero-order valence-corrected chi connectivity index (χ0v) is 11.3. The van der Waals surface area contributed by atoms with Gasteiger partial charge >= 0.3 is 0 Å². The topological polar surface area (TPSA) is 33.2 Å².